The average Bonchev–Trinajstić information content (AvgIpc) is 2.16. The van der Waals surface area contributed by atoms with Crippen LogP contribution in [0.15, 0.2) is 11.6 Å². The van der Waals surface area contributed by atoms with Crippen molar-refractivity contribution in [2.45, 2.75) is 46.1 Å². The molecule has 14 heavy (non-hydrogen) atoms. The maximum absolute atomic E-state index is 8.73. The molecule has 1 N–H and O–H groups in total. The molecular weight excluding hydrogens is 176 g/mol. The minimum Gasteiger partial charge on any atom is -0.392 e. The molecule has 0 aliphatic rings. The summed E-state index contributed by atoms with van der Waals surface area (Å²) in [5.41, 5.74) is 1.21. The maximum Gasteiger partial charge on any atom is 0.0614 e. The zero-order chi connectivity index (χ0) is 11.0. The van der Waals surface area contributed by atoms with Gasteiger partial charge in [-0.2, -0.15) is 0 Å². The lowest BCUT2D eigenvalue weighted by Gasteiger charge is -2.19. The summed E-state index contributed by atoms with van der Waals surface area (Å²) in [6.07, 6.45) is 5.38. The van der Waals surface area contributed by atoms with Gasteiger partial charge in [-0.3, -0.25) is 0 Å². The first-order valence-electron chi connectivity index (χ1n) is 5.43. The number of aliphatic hydroxyl groups excluding tert-OH is 1. The molecule has 0 saturated carbocycles. The molecule has 0 saturated heterocycles. The Balaban J connectivity index is 3.96. The van der Waals surface area contributed by atoms with Gasteiger partial charge in [-0.15, -0.1) is 0 Å². The van der Waals surface area contributed by atoms with Crippen molar-refractivity contribution in [3.8, 4) is 0 Å². The molecule has 0 radical (unpaired) electrons. The molecule has 0 spiro atoms. The normalized spacial score (nSPS) is 16.8. The Morgan fingerprint density at radius 3 is 2.57 bits per heavy atom. The summed E-state index contributed by atoms with van der Waals surface area (Å²) in [6, 6.07) is 0. The summed E-state index contributed by atoms with van der Waals surface area (Å²) in [5, 5.41) is 8.73. The highest BCUT2D eigenvalue weighted by Gasteiger charge is 2.11. The Labute approximate surface area is 88.0 Å². The van der Waals surface area contributed by atoms with E-state index in [0.717, 1.165) is 12.8 Å². The van der Waals surface area contributed by atoms with E-state index in [2.05, 4.69) is 13.8 Å². The Morgan fingerprint density at radius 2 is 2.14 bits per heavy atom. The number of aliphatic hydroxyl groups is 1. The van der Waals surface area contributed by atoms with E-state index in [1.807, 2.05) is 13.0 Å². The van der Waals surface area contributed by atoms with Gasteiger partial charge in [0.2, 0.25) is 0 Å². The monoisotopic (exact) mass is 200 g/mol. The van der Waals surface area contributed by atoms with Crippen LogP contribution >= 0.6 is 0 Å². The van der Waals surface area contributed by atoms with Crippen LogP contribution in [0.2, 0.25) is 0 Å². The van der Waals surface area contributed by atoms with Crippen molar-refractivity contribution in [2.24, 2.45) is 5.92 Å². The van der Waals surface area contributed by atoms with Crippen LogP contribution in [0.5, 0.6) is 0 Å². The molecule has 0 aromatic rings. The van der Waals surface area contributed by atoms with Gasteiger partial charge in [0, 0.05) is 7.11 Å². The van der Waals surface area contributed by atoms with E-state index in [-0.39, 0.29) is 6.61 Å². The number of rotatable bonds is 7. The van der Waals surface area contributed by atoms with Crippen molar-refractivity contribution < 1.29 is 9.84 Å². The largest absolute Gasteiger partial charge is 0.392 e. The van der Waals surface area contributed by atoms with Crippen LogP contribution < -0.4 is 0 Å². The molecule has 0 amide bonds. The van der Waals surface area contributed by atoms with E-state index >= 15 is 0 Å². The van der Waals surface area contributed by atoms with Crippen LogP contribution in [0.3, 0.4) is 0 Å². The molecular formula is C12H24O2. The molecule has 0 heterocycles. The van der Waals surface area contributed by atoms with Gasteiger partial charge in [-0.05, 0) is 25.7 Å². The lowest BCUT2D eigenvalue weighted by Crippen LogP contribution is -2.15. The Bertz CT molecular complexity index is 164. The zero-order valence-electron chi connectivity index (χ0n) is 9.92. The number of hydrogen-bond donors (Lipinski definition) is 1. The topological polar surface area (TPSA) is 29.5 Å². The smallest absolute Gasteiger partial charge is 0.0614 e. The van der Waals surface area contributed by atoms with Gasteiger partial charge in [-0.1, -0.05) is 31.9 Å². The number of ether oxygens (including phenoxy) is 1. The molecule has 0 rings (SSSR count). The number of methoxy groups -OCH3 is 1. The Kier molecular flexibility index (Phi) is 7.81. The summed E-state index contributed by atoms with van der Waals surface area (Å²) >= 11 is 0. The second-order valence-electron chi connectivity index (χ2n) is 4.04. The molecule has 2 atom stereocenters. The van der Waals surface area contributed by atoms with Gasteiger partial charge in [-0.25, -0.2) is 0 Å². The summed E-state index contributed by atoms with van der Waals surface area (Å²) in [7, 11) is 1.76. The molecule has 2 unspecified atom stereocenters. The summed E-state index contributed by atoms with van der Waals surface area (Å²) in [6.45, 7) is 6.62. The van der Waals surface area contributed by atoms with E-state index in [1.54, 1.807) is 7.11 Å². The lowest BCUT2D eigenvalue weighted by atomic mass is 9.97. The predicted octanol–water partition coefficient (Wildman–Crippen LogP) is 2.77. The fraction of sp³-hybridized carbons (Fsp3) is 0.833. The van der Waals surface area contributed by atoms with Crippen LogP contribution in [0.4, 0.5) is 0 Å². The molecule has 2 nitrogen and oxygen atoms in total. The third kappa shape index (κ3) is 6.17. The van der Waals surface area contributed by atoms with Crippen LogP contribution in [0.25, 0.3) is 0 Å². The minimum absolute atomic E-state index is 0.131. The van der Waals surface area contributed by atoms with Gasteiger partial charge >= 0.3 is 0 Å². The van der Waals surface area contributed by atoms with E-state index in [9.17, 15) is 0 Å². The molecule has 0 aliphatic heterocycles. The fourth-order valence-corrected chi connectivity index (χ4v) is 1.48. The minimum atomic E-state index is 0.131. The van der Waals surface area contributed by atoms with Crippen molar-refractivity contribution in [3.63, 3.8) is 0 Å². The summed E-state index contributed by atoms with van der Waals surface area (Å²) in [4.78, 5) is 0. The lowest BCUT2D eigenvalue weighted by molar-refractivity contribution is 0.0819. The van der Waals surface area contributed by atoms with E-state index in [4.69, 9.17) is 9.84 Å². The van der Waals surface area contributed by atoms with E-state index < -0.39 is 0 Å². The molecule has 84 valence electrons. The van der Waals surface area contributed by atoms with Gasteiger partial charge in [0.25, 0.3) is 0 Å². The SMILES string of the molecule is CCC(C)CC(C/C(C)=C/CO)OC. The highest BCUT2D eigenvalue weighted by atomic mass is 16.5. The highest BCUT2D eigenvalue weighted by Crippen LogP contribution is 2.17. The highest BCUT2D eigenvalue weighted by molar-refractivity contribution is 4.99. The molecule has 0 aliphatic carbocycles. The quantitative estimate of drug-likeness (QED) is 0.640. The van der Waals surface area contributed by atoms with Crippen LogP contribution in [0, 0.1) is 5.92 Å². The second-order valence-corrected chi connectivity index (χ2v) is 4.04. The standard InChI is InChI=1S/C12H24O2/c1-5-10(2)8-12(14-4)9-11(3)6-7-13/h6,10,12-13H,5,7-9H2,1-4H3/b11-6+. The summed E-state index contributed by atoms with van der Waals surface area (Å²) in [5.74, 6) is 0.710. The molecule has 0 aromatic carbocycles. The van der Waals surface area contributed by atoms with Gasteiger partial charge < -0.3 is 9.84 Å². The average molecular weight is 200 g/mol. The Hall–Kier alpha value is -0.340. The third-order valence-electron chi connectivity index (χ3n) is 2.68. The predicted molar refractivity (Wildman–Crippen MR) is 60.3 cm³/mol. The summed E-state index contributed by atoms with van der Waals surface area (Å²) < 4.78 is 5.42. The third-order valence-corrected chi connectivity index (χ3v) is 2.68. The molecule has 2 heteroatoms. The van der Waals surface area contributed by atoms with Crippen LogP contribution in [-0.4, -0.2) is 24.9 Å². The van der Waals surface area contributed by atoms with E-state index in [0.29, 0.717) is 12.0 Å². The maximum atomic E-state index is 8.73. The second kappa shape index (κ2) is 8.01. The van der Waals surface area contributed by atoms with Crippen molar-refractivity contribution >= 4 is 0 Å². The Morgan fingerprint density at radius 1 is 1.50 bits per heavy atom. The first-order chi connectivity index (χ1) is 6.63. The van der Waals surface area contributed by atoms with Crippen LogP contribution in [0.1, 0.15) is 40.0 Å². The molecule has 0 bridgehead atoms. The van der Waals surface area contributed by atoms with Crippen molar-refractivity contribution in [3.05, 3.63) is 11.6 Å². The van der Waals surface area contributed by atoms with Gasteiger partial charge in [0.05, 0.1) is 12.7 Å². The van der Waals surface area contributed by atoms with Crippen molar-refractivity contribution in [1.29, 1.82) is 0 Å². The number of hydrogen-bond acceptors (Lipinski definition) is 2. The first kappa shape index (κ1) is 13.7. The molecule has 0 aromatic heterocycles. The van der Waals surface area contributed by atoms with E-state index in [1.165, 1.54) is 12.0 Å². The van der Waals surface area contributed by atoms with Crippen LogP contribution in [-0.2, 0) is 4.74 Å². The first-order valence-corrected chi connectivity index (χ1v) is 5.43. The van der Waals surface area contributed by atoms with Gasteiger partial charge in [0.15, 0.2) is 0 Å². The zero-order valence-corrected chi connectivity index (χ0v) is 9.92. The van der Waals surface area contributed by atoms with Gasteiger partial charge in [0.1, 0.15) is 0 Å². The molecule has 0 fully saturated rings. The van der Waals surface area contributed by atoms with Crippen molar-refractivity contribution in [2.75, 3.05) is 13.7 Å². The fourth-order valence-electron chi connectivity index (χ4n) is 1.48. The van der Waals surface area contributed by atoms with Crippen molar-refractivity contribution in [1.82, 2.24) is 0 Å².